The monoisotopic (exact) mass is 246 g/mol. The number of fused-ring (bicyclic) bond motifs is 1. The van der Waals surface area contributed by atoms with E-state index in [1.54, 1.807) is 18.2 Å². The van der Waals surface area contributed by atoms with Gasteiger partial charge < -0.3 is 0 Å². The number of nitrogens with zero attached hydrogens (tertiary/aromatic N) is 1. The minimum Gasteiger partial charge on any atom is -0.275 e. The van der Waals surface area contributed by atoms with Gasteiger partial charge in [-0.15, -0.1) is 0 Å². The number of benzene rings is 1. The van der Waals surface area contributed by atoms with E-state index < -0.39 is 6.43 Å². The molecule has 0 amide bonds. The molecule has 0 aliphatic carbocycles. The van der Waals surface area contributed by atoms with Gasteiger partial charge in [0, 0.05) is 9.86 Å². The topological polar surface area (TPSA) is 28.7 Å². The van der Waals surface area contributed by atoms with Gasteiger partial charge >= 0.3 is 0 Å². The summed E-state index contributed by atoms with van der Waals surface area (Å²) in [4.78, 5) is 0. The Morgan fingerprint density at radius 3 is 2.85 bits per heavy atom. The van der Waals surface area contributed by atoms with Gasteiger partial charge in [-0.25, -0.2) is 8.78 Å². The van der Waals surface area contributed by atoms with E-state index in [0.29, 0.717) is 15.4 Å². The number of nitrogens with one attached hydrogen (secondary N) is 1. The highest BCUT2D eigenvalue weighted by Crippen LogP contribution is 2.29. The first-order valence-corrected chi connectivity index (χ1v) is 4.40. The van der Waals surface area contributed by atoms with Crippen molar-refractivity contribution in [2.24, 2.45) is 0 Å². The first-order chi connectivity index (χ1) is 6.20. The number of hydrogen-bond acceptors (Lipinski definition) is 1. The van der Waals surface area contributed by atoms with E-state index in [0.717, 1.165) is 0 Å². The molecule has 0 saturated heterocycles. The Hall–Kier alpha value is -0.970. The zero-order valence-corrected chi connectivity index (χ0v) is 7.98. The van der Waals surface area contributed by atoms with Gasteiger partial charge in [-0.05, 0) is 22.0 Å². The van der Waals surface area contributed by atoms with Gasteiger partial charge in [0.1, 0.15) is 11.2 Å². The first kappa shape index (κ1) is 8.62. The quantitative estimate of drug-likeness (QED) is 0.823. The molecule has 0 unspecified atom stereocenters. The molecular weight excluding hydrogens is 242 g/mol. The smallest absolute Gasteiger partial charge is 0.275 e. The molecule has 68 valence electrons. The molecule has 0 aliphatic rings. The Bertz CT molecular complexity index is 439. The van der Waals surface area contributed by atoms with Gasteiger partial charge in [0.15, 0.2) is 0 Å². The molecule has 1 heterocycles. The van der Waals surface area contributed by atoms with Crippen LogP contribution < -0.4 is 0 Å². The minimum absolute atomic E-state index is 0.128. The summed E-state index contributed by atoms with van der Waals surface area (Å²) in [5.74, 6) is 0. The van der Waals surface area contributed by atoms with E-state index in [1.807, 2.05) is 0 Å². The van der Waals surface area contributed by atoms with Crippen molar-refractivity contribution in [3.63, 3.8) is 0 Å². The van der Waals surface area contributed by atoms with Gasteiger partial charge in [-0.2, -0.15) is 5.10 Å². The molecule has 0 bridgehead atoms. The second-order valence-corrected chi connectivity index (χ2v) is 3.43. The Morgan fingerprint density at radius 2 is 2.15 bits per heavy atom. The third kappa shape index (κ3) is 1.33. The molecule has 5 heteroatoms. The SMILES string of the molecule is FC(F)c1[nH]nc2c(Br)cccc12. The average Bonchev–Trinajstić information content (AvgIpc) is 2.48. The molecule has 2 aromatic rings. The summed E-state index contributed by atoms with van der Waals surface area (Å²) in [7, 11) is 0. The lowest BCUT2D eigenvalue weighted by atomic mass is 10.2. The maximum atomic E-state index is 12.4. The average molecular weight is 247 g/mol. The summed E-state index contributed by atoms with van der Waals surface area (Å²) >= 11 is 3.23. The van der Waals surface area contributed by atoms with Crippen LogP contribution in [0.15, 0.2) is 22.7 Å². The van der Waals surface area contributed by atoms with Crippen LogP contribution in [0.25, 0.3) is 10.9 Å². The number of aromatic nitrogens is 2. The van der Waals surface area contributed by atoms with Crippen molar-refractivity contribution in [3.05, 3.63) is 28.4 Å². The minimum atomic E-state index is -2.51. The summed E-state index contributed by atoms with van der Waals surface area (Å²) in [5.41, 5.74) is 0.411. The summed E-state index contributed by atoms with van der Waals surface area (Å²) < 4.78 is 25.5. The lowest BCUT2D eigenvalue weighted by Crippen LogP contribution is -1.83. The van der Waals surface area contributed by atoms with Crippen LogP contribution in [0, 0.1) is 0 Å². The van der Waals surface area contributed by atoms with Crippen molar-refractivity contribution in [1.29, 1.82) is 0 Å². The Kier molecular flexibility index (Phi) is 2.03. The highest BCUT2D eigenvalue weighted by molar-refractivity contribution is 9.10. The van der Waals surface area contributed by atoms with Crippen LogP contribution in [0.2, 0.25) is 0 Å². The maximum absolute atomic E-state index is 12.4. The summed E-state index contributed by atoms with van der Waals surface area (Å²) in [6.07, 6.45) is -2.51. The van der Waals surface area contributed by atoms with Crippen LogP contribution in [-0.2, 0) is 0 Å². The van der Waals surface area contributed by atoms with E-state index in [2.05, 4.69) is 26.1 Å². The summed E-state index contributed by atoms with van der Waals surface area (Å²) in [5, 5.41) is 6.57. The second kappa shape index (κ2) is 3.06. The van der Waals surface area contributed by atoms with Gasteiger partial charge in [-0.3, -0.25) is 5.10 Å². The van der Waals surface area contributed by atoms with E-state index in [9.17, 15) is 8.78 Å². The molecule has 0 fully saturated rings. The number of para-hydroxylation sites is 1. The third-order valence-corrected chi connectivity index (χ3v) is 2.42. The van der Waals surface area contributed by atoms with Crippen molar-refractivity contribution in [3.8, 4) is 0 Å². The number of H-pyrrole nitrogens is 1. The fourth-order valence-electron chi connectivity index (χ4n) is 1.19. The molecule has 0 radical (unpaired) electrons. The van der Waals surface area contributed by atoms with Crippen LogP contribution in [0.1, 0.15) is 12.1 Å². The van der Waals surface area contributed by atoms with Crippen molar-refractivity contribution in [1.82, 2.24) is 10.2 Å². The number of rotatable bonds is 1. The van der Waals surface area contributed by atoms with Crippen LogP contribution >= 0.6 is 15.9 Å². The largest absolute Gasteiger partial charge is 0.280 e. The standard InChI is InChI=1S/C8H5BrF2N2/c9-5-3-1-2-4-6(5)12-13-7(4)8(10)11/h1-3,8H,(H,12,13). The molecule has 0 spiro atoms. The summed E-state index contributed by atoms with van der Waals surface area (Å²) in [6, 6.07) is 5.08. The van der Waals surface area contributed by atoms with Gasteiger partial charge in [0.2, 0.25) is 0 Å². The molecule has 13 heavy (non-hydrogen) atoms. The van der Waals surface area contributed by atoms with Gasteiger partial charge in [0.05, 0.1) is 0 Å². The number of halogens is 3. The number of aromatic amines is 1. The maximum Gasteiger partial charge on any atom is 0.280 e. The van der Waals surface area contributed by atoms with Gasteiger partial charge in [0.25, 0.3) is 6.43 Å². The van der Waals surface area contributed by atoms with Crippen molar-refractivity contribution in [2.45, 2.75) is 6.43 Å². The Labute approximate surface area is 81.1 Å². The first-order valence-electron chi connectivity index (χ1n) is 3.61. The van der Waals surface area contributed by atoms with Crippen LogP contribution in [0.3, 0.4) is 0 Å². The second-order valence-electron chi connectivity index (χ2n) is 2.57. The molecule has 2 rings (SSSR count). The van der Waals surface area contributed by atoms with Crippen LogP contribution in [-0.4, -0.2) is 10.2 Å². The fraction of sp³-hybridized carbons (Fsp3) is 0.125. The molecule has 0 saturated carbocycles. The Balaban J connectivity index is 2.75. The summed E-state index contributed by atoms with van der Waals surface area (Å²) in [6.45, 7) is 0. The van der Waals surface area contributed by atoms with E-state index >= 15 is 0 Å². The molecule has 0 atom stereocenters. The normalized spacial score (nSPS) is 11.4. The van der Waals surface area contributed by atoms with Crippen molar-refractivity contribution >= 4 is 26.8 Å². The highest BCUT2D eigenvalue weighted by Gasteiger charge is 2.15. The van der Waals surface area contributed by atoms with Crippen LogP contribution in [0.5, 0.6) is 0 Å². The highest BCUT2D eigenvalue weighted by atomic mass is 79.9. The predicted octanol–water partition coefficient (Wildman–Crippen LogP) is 3.26. The molecule has 1 aromatic heterocycles. The van der Waals surface area contributed by atoms with Crippen LogP contribution in [0.4, 0.5) is 8.78 Å². The predicted molar refractivity (Wildman–Crippen MR) is 48.8 cm³/mol. The van der Waals surface area contributed by atoms with Crippen molar-refractivity contribution in [2.75, 3.05) is 0 Å². The molecule has 0 aliphatic heterocycles. The fourth-order valence-corrected chi connectivity index (χ4v) is 1.64. The van der Waals surface area contributed by atoms with E-state index in [1.165, 1.54) is 0 Å². The van der Waals surface area contributed by atoms with E-state index in [4.69, 9.17) is 0 Å². The van der Waals surface area contributed by atoms with Crippen molar-refractivity contribution < 1.29 is 8.78 Å². The van der Waals surface area contributed by atoms with E-state index in [-0.39, 0.29) is 5.69 Å². The molecule has 1 N–H and O–H groups in total. The molecular formula is C8H5BrF2N2. The number of alkyl halides is 2. The molecule has 1 aromatic carbocycles. The van der Waals surface area contributed by atoms with Gasteiger partial charge in [-0.1, -0.05) is 12.1 Å². The zero-order valence-electron chi connectivity index (χ0n) is 6.39. The lowest BCUT2D eigenvalue weighted by Gasteiger charge is -1.94. The number of hydrogen-bond donors (Lipinski definition) is 1. The lowest BCUT2D eigenvalue weighted by molar-refractivity contribution is 0.147. The Morgan fingerprint density at radius 1 is 1.38 bits per heavy atom. The molecule has 2 nitrogen and oxygen atoms in total. The zero-order chi connectivity index (χ0) is 9.42. The third-order valence-electron chi connectivity index (χ3n) is 1.78.